The highest BCUT2D eigenvalue weighted by atomic mass is 16.4. The molecule has 68 valence electrons. The van der Waals surface area contributed by atoms with Crippen LogP contribution in [0.2, 0.25) is 0 Å². The molecule has 0 aromatic rings. The summed E-state index contributed by atoms with van der Waals surface area (Å²) in [5.74, 6) is -0.833. The molecular formula is C6H15NO4. The third-order valence-electron chi connectivity index (χ3n) is 0.753. The van der Waals surface area contributed by atoms with Crippen LogP contribution in [0, 0.1) is 0 Å². The summed E-state index contributed by atoms with van der Waals surface area (Å²) in [6.45, 7) is 2.60. The van der Waals surface area contributed by atoms with Gasteiger partial charge in [0.2, 0.25) is 0 Å². The molecule has 0 spiro atoms. The van der Waals surface area contributed by atoms with E-state index >= 15 is 0 Å². The van der Waals surface area contributed by atoms with Crippen molar-refractivity contribution in [3.05, 3.63) is 0 Å². The van der Waals surface area contributed by atoms with Crippen LogP contribution in [-0.4, -0.2) is 40.7 Å². The lowest BCUT2D eigenvalue weighted by atomic mass is 10.4. The molecule has 2 atom stereocenters. The van der Waals surface area contributed by atoms with Gasteiger partial charge in [0.05, 0.1) is 6.10 Å². The Kier molecular flexibility index (Phi) is 8.80. The summed E-state index contributed by atoms with van der Waals surface area (Å²) in [6, 6.07) is 0. The molecule has 5 heteroatoms. The van der Waals surface area contributed by atoms with Gasteiger partial charge in [-0.3, -0.25) is 10.1 Å². The van der Waals surface area contributed by atoms with Crippen LogP contribution < -0.4 is 5.32 Å². The van der Waals surface area contributed by atoms with Crippen LogP contribution in [0.1, 0.15) is 13.8 Å². The minimum atomic E-state index is -0.833. The zero-order valence-electron chi connectivity index (χ0n) is 6.90. The van der Waals surface area contributed by atoms with Crippen LogP contribution >= 0.6 is 0 Å². The van der Waals surface area contributed by atoms with Crippen LogP contribution in [0.5, 0.6) is 0 Å². The van der Waals surface area contributed by atoms with E-state index in [1.54, 1.807) is 7.05 Å². The lowest BCUT2D eigenvalue weighted by Crippen LogP contribution is -2.34. The zero-order valence-corrected chi connectivity index (χ0v) is 6.90. The van der Waals surface area contributed by atoms with E-state index in [-0.39, 0.29) is 0 Å². The second kappa shape index (κ2) is 7.46. The van der Waals surface area contributed by atoms with Gasteiger partial charge < -0.3 is 15.3 Å². The fourth-order valence-electron chi connectivity index (χ4n) is 0.241. The molecule has 0 heterocycles. The zero-order chi connectivity index (χ0) is 9.44. The number of aliphatic hydroxyl groups excluding tert-OH is 2. The summed E-state index contributed by atoms with van der Waals surface area (Å²) >= 11 is 0. The molecular weight excluding hydrogens is 150 g/mol. The number of aliphatic carboxylic acids is 1. The van der Waals surface area contributed by atoms with Crippen molar-refractivity contribution in [2.24, 2.45) is 0 Å². The number of carboxylic acid groups (broad SMARTS) is 1. The summed E-state index contributed by atoms with van der Waals surface area (Å²) in [5.41, 5.74) is 0. The van der Waals surface area contributed by atoms with Crippen molar-refractivity contribution in [2.75, 3.05) is 7.05 Å². The van der Waals surface area contributed by atoms with Crippen LogP contribution in [0.25, 0.3) is 0 Å². The number of hydrogen-bond acceptors (Lipinski definition) is 4. The number of aliphatic hydroxyl groups is 2. The van der Waals surface area contributed by atoms with E-state index in [2.05, 4.69) is 5.32 Å². The highest BCUT2D eigenvalue weighted by Gasteiger charge is 2.04. The minimum Gasteiger partial charge on any atom is -0.481 e. The van der Waals surface area contributed by atoms with Gasteiger partial charge in [-0.2, -0.15) is 0 Å². The number of likely N-dealkylation sites (N-methyl/N-ethyl adjacent to an activating group) is 1. The summed E-state index contributed by atoms with van der Waals surface area (Å²) < 4.78 is 0. The molecule has 0 saturated heterocycles. The van der Waals surface area contributed by atoms with Gasteiger partial charge in [0.1, 0.15) is 6.23 Å². The quantitative estimate of drug-likeness (QED) is 0.394. The molecule has 0 rings (SSSR count). The Bertz CT molecular complexity index is 101. The first kappa shape index (κ1) is 13.0. The van der Waals surface area contributed by atoms with Gasteiger partial charge in [-0.05, 0) is 14.0 Å². The monoisotopic (exact) mass is 165 g/mol. The maximum Gasteiger partial charge on any atom is 0.300 e. The smallest absolute Gasteiger partial charge is 0.300 e. The van der Waals surface area contributed by atoms with Crippen molar-refractivity contribution >= 4 is 5.97 Å². The summed E-state index contributed by atoms with van der Waals surface area (Å²) in [4.78, 5) is 9.00. The van der Waals surface area contributed by atoms with Crippen LogP contribution in [0.4, 0.5) is 0 Å². The average molecular weight is 165 g/mol. The second-order valence-corrected chi connectivity index (χ2v) is 1.99. The number of carbonyl (C=O) groups is 1. The van der Waals surface area contributed by atoms with E-state index in [1.807, 2.05) is 0 Å². The van der Waals surface area contributed by atoms with Crippen molar-refractivity contribution < 1.29 is 20.1 Å². The summed E-state index contributed by atoms with van der Waals surface area (Å²) in [6.07, 6.45) is -1.48. The van der Waals surface area contributed by atoms with Crippen molar-refractivity contribution in [3.8, 4) is 0 Å². The number of rotatable bonds is 2. The van der Waals surface area contributed by atoms with Crippen LogP contribution in [0.3, 0.4) is 0 Å². The van der Waals surface area contributed by atoms with Crippen LogP contribution in [-0.2, 0) is 4.79 Å². The fourth-order valence-corrected chi connectivity index (χ4v) is 0.241. The first-order valence-electron chi connectivity index (χ1n) is 3.14. The van der Waals surface area contributed by atoms with Gasteiger partial charge in [0.15, 0.2) is 0 Å². The van der Waals surface area contributed by atoms with Crippen molar-refractivity contribution in [1.82, 2.24) is 5.32 Å². The van der Waals surface area contributed by atoms with Crippen molar-refractivity contribution in [2.45, 2.75) is 26.2 Å². The molecule has 0 aliphatic heterocycles. The van der Waals surface area contributed by atoms with Gasteiger partial charge in [-0.15, -0.1) is 0 Å². The van der Waals surface area contributed by atoms with Crippen molar-refractivity contribution in [1.29, 1.82) is 0 Å². The summed E-state index contributed by atoms with van der Waals surface area (Å²) in [5, 5.41) is 27.0. The van der Waals surface area contributed by atoms with E-state index < -0.39 is 18.3 Å². The molecule has 2 unspecified atom stereocenters. The first-order valence-corrected chi connectivity index (χ1v) is 3.14. The largest absolute Gasteiger partial charge is 0.481 e. The molecule has 11 heavy (non-hydrogen) atoms. The second-order valence-electron chi connectivity index (χ2n) is 1.99. The molecule has 4 N–H and O–H groups in total. The highest BCUT2D eigenvalue weighted by Crippen LogP contribution is 1.82. The van der Waals surface area contributed by atoms with E-state index in [1.165, 1.54) is 6.92 Å². The Balaban J connectivity index is 0. The predicted octanol–water partition coefficient (Wildman–Crippen LogP) is -1.00. The van der Waals surface area contributed by atoms with E-state index in [0.717, 1.165) is 6.92 Å². The Morgan fingerprint density at radius 3 is 1.73 bits per heavy atom. The molecule has 0 radical (unpaired) electrons. The number of hydrogen-bond donors (Lipinski definition) is 4. The first-order chi connectivity index (χ1) is 4.91. The lowest BCUT2D eigenvalue weighted by molar-refractivity contribution is -0.134. The normalized spacial score (nSPS) is 14.3. The molecule has 0 amide bonds. The maximum absolute atomic E-state index is 9.00. The van der Waals surface area contributed by atoms with E-state index in [9.17, 15) is 0 Å². The third-order valence-corrected chi connectivity index (χ3v) is 0.753. The molecule has 0 aromatic carbocycles. The van der Waals surface area contributed by atoms with Gasteiger partial charge in [0, 0.05) is 6.92 Å². The molecule has 0 fully saturated rings. The van der Waals surface area contributed by atoms with Gasteiger partial charge in [0.25, 0.3) is 5.97 Å². The Hall–Kier alpha value is -0.650. The van der Waals surface area contributed by atoms with Gasteiger partial charge in [-0.25, -0.2) is 0 Å². The fraction of sp³-hybridized carbons (Fsp3) is 0.833. The minimum absolute atomic E-state index is 0.690. The Morgan fingerprint density at radius 2 is 1.73 bits per heavy atom. The number of carboxylic acids is 1. The average Bonchev–Trinajstić information content (AvgIpc) is 1.85. The molecule has 0 aliphatic rings. The summed E-state index contributed by atoms with van der Waals surface area (Å²) in [7, 11) is 1.58. The molecule has 0 bridgehead atoms. The van der Waals surface area contributed by atoms with Crippen LogP contribution in [0.15, 0.2) is 0 Å². The predicted molar refractivity (Wildman–Crippen MR) is 40.1 cm³/mol. The molecule has 0 aromatic heterocycles. The van der Waals surface area contributed by atoms with E-state index in [0.29, 0.717) is 0 Å². The van der Waals surface area contributed by atoms with Gasteiger partial charge in [-0.1, -0.05) is 0 Å². The standard InChI is InChI=1S/C4H11NO2.C2H4O2/c1-3(6)4(7)5-2;1-2(3)4/h3-7H,1-2H3;1H3,(H,3,4). The Morgan fingerprint density at radius 1 is 1.45 bits per heavy atom. The van der Waals surface area contributed by atoms with Crippen molar-refractivity contribution in [3.63, 3.8) is 0 Å². The Labute approximate surface area is 65.7 Å². The number of nitrogens with one attached hydrogen (secondary N) is 1. The SMILES string of the molecule is CC(=O)O.CNC(O)C(C)O. The van der Waals surface area contributed by atoms with E-state index in [4.69, 9.17) is 20.1 Å². The lowest BCUT2D eigenvalue weighted by Gasteiger charge is -2.10. The molecule has 5 nitrogen and oxygen atoms in total. The highest BCUT2D eigenvalue weighted by molar-refractivity contribution is 5.62. The molecule has 0 aliphatic carbocycles. The topological polar surface area (TPSA) is 89.8 Å². The maximum atomic E-state index is 9.00. The molecule has 0 saturated carbocycles. The third kappa shape index (κ3) is 17.6. The van der Waals surface area contributed by atoms with Gasteiger partial charge >= 0.3 is 0 Å².